The van der Waals surface area contributed by atoms with Crippen molar-refractivity contribution in [1.82, 2.24) is 0 Å². The molecular weight excluding hydrogens is 929 g/mol. The van der Waals surface area contributed by atoms with Gasteiger partial charge >= 0.3 is 0 Å². The van der Waals surface area contributed by atoms with Crippen LogP contribution >= 0.6 is 23.5 Å². The quantitative estimate of drug-likeness (QED) is 0.156. The first-order valence-electron chi connectivity index (χ1n) is 25.9. The van der Waals surface area contributed by atoms with Crippen LogP contribution in [0.2, 0.25) is 0 Å². The van der Waals surface area contributed by atoms with Gasteiger partial charge in [0, 0.05) is 59.8 Å². The van der Waals surface area contributed by atoms with Gasteiger partial charge in [0.1, 0.15) is 60.9 Å². The minimum absolute atomic E-state index is 0.205. The molecule has 3 aliphatic rings. The third-order valence-electron chi connectivity index (χ3n) is 14.0. The van der Waals surface area contributed by atoms with Crippen LogP contribution < -0.4 is 18.9 Å². The highest BCUT2D eigenvalue weighted by Crippen LogP contribution is 2.44. The van der Waals surface area contributed by atoms with Gasteiger partial charge in [0.15, 0.2) is 0 Å². The summed E-state index contributed by atoms with van der Waals surface area (Å²) in [6, 6.07) is 34.5. The monoisotopic (exact) mass is 1010 g/mol. The molecule has 0 aromatic heterocycles. The molecule has 72 heavy (non-hydrogen) atoms. The van der Waals surface area contributed by atoms with Crippen molar-refractivity contribution < 1.29 is 29.2 Å². The minimum Gasteiger partial charge on any atom is -0.507 e. The van der Waals surface area contributed by atoms with E-state index < -0.39 is 0 Å². The van der Waals surface area contributed by atoms with E-state index in [1.807, 2.05) is 35.7 Å². The van der Waals surface area contributed by atoms with E-state index in [0.717, 1.165) is 124 Å². The van der Waals surface area contributed by atoms with Crippen molar-refractivity contribution in [2.24, 2.45) is 0 Å². The SMILES string of the molecule is CC(C)(C)c1cc2c(O)c(c1)Cc1cc(C(C)(C)C)cc3c1OCCOc1ccccc1CSCCSCc1ccccc1OCCOc1c(cc(C(C)(C)C)cc1Cc1cc(C(C)(C)C)cc(c1O)C3)C2. The smallest absolute Gasteiger partial charge is 0.126 e. The predicted octanol–water partition coefficient (Wildman–Crippen LogP) is 15.4. The Kier molecular flexibility index (Phi) is 16.0. The molecule has 0 amide bonds. The van der Waals surface area contributed by atoms with Gasteiger partial charge in [-0.15, -0.1) is 0 Å². The minimum atomic E-state index is -0.212. The Morgan fingerprint density at radius 1 is 0.347 bits per heavy atom. The van der Waals surface area contributed by atoms with Crippen LogP contribution in [0.1, 0.15) is 161 Å². The molecule has 6 aromatic carbocycles. The first-order valence-corrected chi connectivity index (χ1v) is 28.2. The molecule has 382 valence electrons. The Balaban J connectivity index is 1.37. The maximum atomic E-state index is 12.8. The van der Waals surface area contributed by atoms with Gasteiger partial charge in [0.05, 0.1) is 0 Å². The van der Waals surface area contributed by atoms with E-state index in [0.29, 0.717) is 52.1 Å². The normalized spacial score (nSPS) is 15.6. The van der Waals surface area contributed by atoms with Gasteiger partial charge < -0.3 is 29.2 Å². The molecule has 1 aliphatic carbocycles. The second kappa shape index (κ2) is 21.7. The maximum Gasteiger partial charge on any atom is 0.126 e. The van der Waals surface area contributed by atoms with Crippen LogP contribution in [0, 0.1) is 0 Å². The van der Waals surface area contributed by atoms with E-state index in [2.05, 4.69) is 168 Å². The summed E-state index contributed by atoms with van der Waals surface area (Å²) in [4.78, 5) is 0. The molecule has 0 fully saturated rings. The number of hydrogen-bond donors (Lipinski definition) is 2. The van der Waals surface area contributed by atoms with Crippen molar-refractivity contribution in [2.75, 3.05) is 37.9 Å². The highest BCUT2D eigenvalue weighted by Gasteiger charge is 2.29. The van der Waals surface area contributed by atoms with Crippen molar-refractivity contribution >= 4 is 23.5 Å². The largest absolute Gasteiger partial charge is 0.507 e. The highest BCUT2D eigenvalue weighted by atomic mass is 32.2. The van der Waals surface area contributed by atoms with Crippen molar-refractivity contribution in [3.05, 3.63) is 175 Å². The van der Waals surface area contributed by atoms with Crippen LogP contribution in [-0.2, 0) is 58.8 Å². The summed E-state index contributed by atoms with van der Waals surface area (Å²) < 4.78 is 27.2. The zero-order valence-corrected chi connectivity index (χ0v) is 46.7. The van der Waals surface area contributed by atoms with E-state index in [4.69, 9.17) is 18.9 Å². The number of phenolic OH excluding ortho intramolecular Hbond substituents is 2. The summed E-state index contributed by atoms with van der Waals surface area (Å²) in [5.74, 6) is 7.55. The van der Waals surface area contributed by atoms with Crippen LogP contribution in [0.3, 0.4) is 0 Å². The summed E-state index contributed by atoms with van der Waals surface area (Å²) in [6.45, 7) is 28.2. The maximum absolute atomic E-state index is 12.8. The third-order valence-corrected chi connectivity index (χ3v) is 16.3. The van der Waals surface area contributed by atoms with Gasteiger partial charge in [-0.2, -0.15) is 23.5 Å². The van der Waals surface area contributed by atoms with Gasteiger partial charge in [-0.1, -0.05) is 168 Å². The second-order valence-corrected chi connectivity index (χ2v) is 26.2. The first kappa shape index (κ1) is 53.1. The van der Waals surface area contributed by atoms with Gasteiger partial charge in [0.25, 0.3) is 0 Å². The van der Waals surface area contributed by atoms with Gasteiger partial charge in [-0.25, -0.2) is 0 Å². The van der Waals surface area contributed by atoms with Crippen LogP contribution in [0.4, 0.5) is 0 Å². The molecule has 10 bridgehead atoms. The van der Waals surface area contributed by atoms with Crippen LogP contribution in [0.25, 0.3) is 0 Å². The van der Waals surface area contributed by atoms with E-state index in [9.17, 15) is 10.2 Å². The number of para-hydroxylation sites is 2. The first-order chi connectivity index (χ1) is 34.0. The molecule has 0 saturated heterocycles. The average molecular weight is 1010 g/mol. The standard InChI is InChI=1S/C64H78O6S2/c1-61(2,3)51-31-43-27-47-35-53(63(7,8)9)37-49-29-45-33-52(62(4,5)6)34-46(58(45)66)30-50-38-54(64(10,11)12)36-48(28-44(32-51)57(43)65)60(50)70-24-22-68-56-20-16-14-18-42(56)40-72-26-25-71-39-41-17-13-15-19-55(41)67-21-23-69-59(47)49/h13-20,31-38,65-66H,21-30,39-40H2,1-12H3. The highest BCUT2D eigenvalue weighted by molar-refractivity contribution is 8.02. The summed E-state index contributed by atoms with van der Waals surface area (Å²) in [7, 11) is 0. The Morgan fingerprint density at radius 3 is 0.903 bits per heavy atom. The summed E-state index contributed by atoms with van der Waals surface area (Å²) in [6.07, 6.45) is 1.73. The lowest BCUT2D eigenvalue weighted by atomic mass is 9.79. The van der Waals surface area contributed by atoms with Crippen LogP contribution in [-0.4, -0.2) is 48.1 Å². The fourth-order valence-corrected chi connectivity index (χ4v) is 11.8. The molecule has 9 rings (SSSR count). The van der Waals surface area contributed by atoms with Crippen molar-refractivity contribution in [3.63, 3.8) is 0 Å². The Hall–Kier alpha value is -5.18. The summed E-state index contributed by atoms with van der Waals surface area (Å²) in [5, 5.41) is 25.5. The molecule has 6 aromatic rings. The summed E-state index contributed by atoms with van der Waals surface area (Å²) in [5.41, 5.74) is 13.4. The van der Waals surface area contributed by atoms with Crippen molar-refractivity contribution in [3.8, 4) is 34.5 Å². The number of thioether (sulfide) groups is 2. The van der Waals surface area contributed by atoms with Crippen molar-refractivity contribution in [1.29, 1.82) is 0 Å². The molecule has 0 spiro atoms. The van der Waals surface area contributed by atoms with E-state index in [1.54, 1.807) is 0 Å². The average Bonchev–Trinajstić information content (AvgIpc) is 3.30. The fourth-order valence-electron chi connectivity index (χ4n) is 9.62. The number of rotatable bonds is 0. The second-order valence-electron chi connectivity index (χ2n) is 24.0. The number of fused-ring (bicyclic) bond motifs is 11. The van der Waals surface area contributed by atoms with Crippen LogP contribution in [0.5, 0.6) is 34.5 Å². The molecule has 2 N–H and O–H groups in total. The van der Waals surface area contributed by atoms with Crippen molar-refractivity contribution in [2.45, 2.75) is 142 Å². The Morgan fingerprint density at radius 2 is 0.611 bits per heavy atom. The number of benzene rings is 6. The number of aromatic hydroxyl groups is 2. The summed E-state index contributed by atoms with van der Waals surface area (Å²) >= 11 is 3.84. The number of phenols is 2. The van der Waals surface area contributed by atoms with E-state index in [1.165, 1.54) is 0 Å². The number of hydrogen-bond acceptors (Lipinski definition) is 8. The zero-order valence-electron chi connectivity index (χ0n) is 45.1. The lowest BCUT2D eigenvalue weighted by Crippen LogP contribution is -2.18. The Bertz CT molecular complexity index is 2590. The molecule has 0 unspecified atom stereocenters. The predicted molar refractivity (Wildman–Crippen MR) is 302 cm³/mol. The molecule has 0 atom stereocenters. The van der Waals surface area contributed by atoms with Gasteiger partial charge in [-0.3, -0.25) is 0 Å². The lowest BCUT2D eigenvalue weighted by Gasteiger charge is -2.28. The van der Waals surface area contributed by atoms with Gasteiger partial charge in [-0.05, 0) is 101 Å². The van der Waals surface area contributed by atoms with E-state index in [-0.39, 0.29) is 33.2 Å². The van der Waals surface area contributed by atoms with Gasteiger partial charge in [0.2, 0.25) is 0 Å². The van der Waals surface area contributed by atoms with E-state index >= 15 is 0 Å². The molecule has 6 nitrogen and oxygen atoms in total. The molecule has 0 radical (unpaired) electrons. The molecule has 2 aliphatic heterocycles. The fraction of sp³-hybridized carbons (Fsp3) is 0.438. The Labute approximate surface area is 439 Å². The molecule has 8 heteroatoms. The molecule has 0 saturated carbocycles. The zero-order chi connectivity index (χ0) is 51.6. The number of ether oxygens (including phenoxy) is 4. The third kappa shape index (κ3) is 12.8. The topological polar surface area (TPSA) is 77.4 Å². The lowest BCUT2D eigenvalue weighted by molar-refractivity contribution is 0.214. The molecular formula is C64H78O6S2. The molecule has 2 heterocycles. The van der Waals surface area contributed by atoms with Crippen LogP contribution in [0.15, 0.2) is 97.1 Å².